The van der Waals surface area contributed by atoms with Crippen LogP contribution in [-0.4, -0.2) is 15.8 Å². The largest absolute Gasteiger partial charge is 0.326 e. The highest BCUT2D eigenvalue weighted by Gasteiger charge is 2.13. The summed E-state index contributed by atoms with van der Waals surface area (Å²) in [7, 11) is 0. The summed E-state index contributed by atoms with van der Waals surface area (Å²) >= 11 is 1.48. The lowest BCUT2D eigenvalue weighted by Crippen LogP contribution is -2.13. The van der Waals surface area contributed by atoms with E-state index in [1.807, 2.05) is 50.2 Å². The number of carbonyl (C=O) groups excluding carboxylic acids is 1. The Morgan fingerprint density at radius 2 is 2.08 bits per heavy atom. The van der Waals surface area contributed by atoms with Crippen LogP contribution in [0.1, 0.15) is 40.0 Å². The molecule has 0 bridgehead atoms. The number of aromatic amines is 1. The predicted molar refractivity (Wildman–Crippen MR) is 101 cm³/mol. The third-order valence-electron chi connectivity index (χ3n) is 4.18. The first-order valence-electron chi connectivity index (χ1n) is 8.34. The highest BCUT2D eigenvalue weighted by Crippen LogP contribution is 2.30. The normalized spacial score (nSPS) is 10.8. The van der Waals surface area contributed by atoms with E-state index < -0.39 is 0 Å². The molecule has 3 aromatic heterocycles. The van der Waals surface area contributed by atoms with Crippen molar-refractivity contribution in [2.75, 3.05) is 0 Å². The molecule has 0 atom stereocenters. The van der Waals surface area contributed by atoms with Gasteiger partial charge in [0.1, 0.15) is 0 Å². The number of aryl methyl sites for hydroxylation is 3. The summed E-state index contributed by atoms with van der Waals surface area (Å²) in [6.45, 7) is 3.85. The van der Waals surface area contributed by atoms with E-state index in [1.54, 1.807) is 6.20 Å². The number of rotatable bonds is 6. The highest BCUT2D eigenvalue weighted by atomic mass is 32.1. The Balaban J connectivity index is 1.78. The summed E-state index contributed by atoms with van der Waals surface area (Å²) in [5.74, 6) is 0.125. The molecular formula is C20H20N2O2S. The number of nitrogens with one attached hydrogen (secondary N) is 1. The van der Waals surface area contributed by atoms with Crippen LogP contribution in [0.5, 0.6) is 0 Å². The minimum atomic E-state index is -0.0352. The predicted octanol–water partition coefficient (Wildman–Crippen LogP) is 4.18. The van der Waals surface area contributed by atoms with E-state index >= 15 is 0 Å². The van der Waals surface area contributed by atoms with Crippen LogP contribution in [0.4, 0.5) is 0 Å². The van der Waals surface area contributed by atoms with Crippen molar-refractivity contribution in [3.05, 3.63) is 74.8 Å². The Kier molecular flexibility index (Phi) is 5.24. The topological polar surface area (TPSA) is 62.8 Å². The minimum Gasteiger partial charge on any atom is -0.326 e. The number of carbonyl (C=O) groups is 1. The molecule has 0 fully saturated rings. The first-order valence-corrected chi connectivity index (χ1v) is 9.16. The maximum Gasteiger partial charge on any atom is 0.251 e. The van der Waals surface area contributed by atoms with Gasteiger partial charge in [0.25, 0.3) is 5.56 Å². The van der Waals surface area contributed by atoms with Gasteiger partial charge < -0.3 is 4.98 Å². The monoisotopic (exact) mass is 352 g/mol. The van der Waals surface area contributed by atoms with Gasteiger partial charge in [0.2, 0.25) is 0 Å². The molecule has 3 heterocycles. The molecule has 4 nitrogen and oxygen atoms in total. The quantitative estimate of drug-likeness (QED) is 0.677. The van der Waals surface area contributed by atoms with Crippen molar-refractivity contribution in [1.82, 2.24) is 9.97 Å². The summed E-state index contributed by atoms with van der Waals surface area (Å²) in [5, 5.41) is 0. The van der Waals surface area contributed by atoms with Gasteiger partial charge in [-0.15, -0.1) is 11.3 Å². The molecule has 0 saturated heterocycles. The third kappa shape index (κ3) is 3.94. The molecule has 0 aliphatic carbocycles. The summed E-state index contributed by atoms with van der Waals surface area (Å²) < 4.78 is 0. The van der Waals surface area contributed by atoms with Gasteiger partial charge in [-0.1, -0.05) is 13.0 Å². The Morgan fingerprint density at radius 1 is 1.24 bits per heavy atom. The number of Topliss-reactive ketones (excluding diaryl/α,β-unsaturated/α-hetero) is 1. The van der Waals surface area contributed by atoms with Gasteiger partial charge in [-0.3, -0.25) is 14.6 Å². The number of ketones is 1. The highest BCUT2D eigenvalue weighted by molar-refractivity contribution is 7.17. The van der Waals surface area contributed by atoms with E-state index in [1.165, 1.54) is 11.3 Å². The molecule has 0 unspecified atom stereocenters. The van der Waals surface area contributed by atoms with Gasteiger partial charge in [-0.2, -0.15) is 0 Å². The summed E-state index contributed by atoms with van der Waals surface area (Å²) in [6, 6.07) is 11.5. The molecule has 128 valence electrons. The molecule has 0 aliphatic heterocycles. The molecule has 0 aliphatic rings. The molecule has 25 heavy (non-hydrogen) atoms. The first kappa shape index (κ1) is 17.3. The van der Waals surface area contributed by atoms with E-state index in [0.717, 1.165) is 32.3 Å². The number of hydrogen-bond acceptors (Lipinski definition) is 4. The van der Waals surface area contributed by atoms with Crippen molar-refractivity contribution in [2.24, 2.45) is 0 Å². The van der Waals surface area contributed by atoms with E-state index in [-0.39, 0.29) is 11.3 Å². The molecule has 0 saturated carbocycles. The first-order chi connectivity index (χ1) is 12.1. The maximum atomic E-state index is 12.4. The van der Waals surface area contributed by atoms with Crippen molar-refractivity contribution in [3.8, 4) is 10.4 Å². The number of thiophene rings is 1. The lowest BCUT2D eigenvalue weighted by atomic mass is 10.1. The van der Waals surface area contributed by atoms with Crippen LogP contribution in [0.3, 0.4) is 0 Å². The molecule has 1 N–H and O–H groups in total. The van der Waals surface area contributed by atoms with Crippen LogP contribution in [0, 0.1) is 6.92 Å². The molecule has 0 spiro atoms. The molecule has 3 rings (SSSR count). The Hall–Kier alpha value is -2.53. The van der Waals surface area contributed by atoms with E-state index in [9.17, 15) is 9.59 Å². The summed E-state index contributed by atoms with van der Waals surface area (Å²) in [4.78, 5) is 33.2. The van der Waals surface area contributed by atoms with E-state index in [2.05, 4.69) is 9.97 Å². The van der Waals surface area contributed by atoms with Gasteiger partial charge in [-0.25, -0.2) is 0 Å². The van der Waals surface area contributed by atoms with Gasteiger partial charge in [-0.05, 0) is 50.1 Å². The molecule has 0 radical (unpaired) electrons. The van der Waals surface area contributed by atoms with Gasteiger partial charge in [0.05, 0.1) is 4.88 Å². The zero-order chi connectivity index (χ0) is 17.8. The molecule has 5 heteroatoms. The van der Waals surface area contributed by atoms with Gasteiger partial charge in [0, 0.05) is 40.0 Å². The second-order valence-electron chi connectivity index (χ2n) is 5.92. The molecule has 3 aromatic rings. The van der Waals surface area contributed by atoms with Crippen molar-refractivity contribution < 1.29 is 4.79 Å². The van der Waals surface area contributed by atoms with Gasteiger partial charge in [0.15, 0.2) is 5.78 Å². The van der Waals surface area contributed by atoms with Crippen molar-refractivity contribution in [1.29, 1.82) is 0 Å². The zero-order valence-corrected chi connectivity index (χ0v) is 15.2. The number of nitrogens with zero attached hydrogens (tertiary/aromatic N) is 1. The maximum absolute atomic E-state index is 12.4. The molecule has 0 amide bonds. The van der Waals surface area contributed by atoms with Crippen LogP contribution in [0.2, 0.25) is 0 Å². The van der Waals surface area contributed by atoms with Crippen molar-refractivity contribution in [2.45, 2.75) is 33.1 Å². The molecular weight excluding hydrogens is 332 g/mol. The van der Waals surface area contributed by atoms with Crippen LogP contribution >= 0.6 is 11.3 Å². The smallest absolute Gasteiger partial charge is 0.251 e. The number of pyridine rings is 2. The lowest BCUT2D eigenvalue weighted by Gasteiger charge is -2.05. The second-order valence-corrected chi connectivity index (χ2v) is 7.01. The Bertz CT molecular complexity index is 942. The fourth-order valence-corrected chi connectivity index (χ4v) is 3.77. The van der Waals surface area contributed by atoms with Gasteiger partial charge >= 0.3 is 0 Å². The average molecular weight is 352 g/mol. The van der Waals surface area contributed by atoms with Crippen LogP contribution in [0.15, 0.2) is 47.4 Å². The third-order valence-corrected chi connectivity index (χ3v) is 5.34. The van der Waals surface area contributed by atoms with E-state index in [0.29, 0.717) is 19.3 Å². The lowest BCUT2D eigenvalue weighted by molar-refractivity contribution is 0.0986. The fraction of sp³-hybridized carbons (Fsp3) is 0.250. The van der Waals surface area contributed by atoms with Crippen LogP contribution in [-0.2, 0) is 12.8 Å². The standard InChI is InChI=1S/C20H20N2O2S/c1-3-14-12-16(13(2)22-20(14)24)18-9-10-19(25-18)17(23)8-7-15-6-4-5-11-21-15/h4-6,9-12H,3,7-8H2,1-2H3,(H,22,24). The van der Waals surface area contributed by atoms with Crippen LogP contribution < -0.4 is 5.56 Å². The fourth-order valence-electron chi connectivity index (χ4n) is 2.73. The number of aromatic nitrogens is 2. The van der Waals surface area contributed by atoms with E-state index in [4.69, 9.17) is 0 Å². The average Bonchev–Trinajstić information content (AvgIpc) is 3.10. The Labute approximate surface area is 150 Å². The molecule has 0 aromatic carbocycles. The van der Waals surface area contributed by atoms with Crippen molar-refractivity contribution in [3.63, 3.8) is 0 Å². The summed E-state index contributed by atoms with van der Waals surface area (Å²) in [6.07, 6.45) is 3.52. The minimum absolute atomic E-state index is 0.0352. The van der Waals surface area contributed by atoms with Crippen LogP contribution in [0.25, 0.3) is 10.4 Å². The number of hydrogen-bond donors (Lipinski definition) is 1. The Morgan fingerprint density at radius 3 is 2.80 bits per heavy atom. The van der Waals surface area contributed by atoms with Crippen molar-refractivity contribution >= 4 is 17.1 Å². The second kappa shape index (κ2) is 7.57. The zero-order valence-electron chi connectivity index (χ0n) is 14.3. The SMILES string of the molecule is CCc1cc(-c2ccc(C(=O)CCc3ccccn3)s2)c(C)[nH]c1=O. The number of H-pyrrole nitrogens is 1. The summed E-state index contributed by atoms with van der Waals surface area (Å²) in [5.41, 5.74) is 3.47.